The maximum atomic E-state index is 11.6. The van der Waals surface area contributed by atoms with Crippen molar-refractivity contribution in [2.45, 2.75) is 51.7 Å². The molecule has 2 unspecified atom stereocenters. The Labute approximate surface area is 93.7 Å². The molecule has 0 heterocycles. The van der Waals surface area contributed by atoms with Crippen LogP contribution in [0.15, 0.2) is 0 Å². The molecule has 4 heteroatoms. The van der Waals surface area contributed by atoms with E-state index >= 15 is 0 Å². The summed E-state index contributed by atoms with van der Waals surface area (Å²) in [5, 5.41) is -0.323. The van der Waals surface area contributed by atoms with Gasteiger partial charge in [-0.25, -0.2) is 13.1 Å². The Hall–Kier alpha value is -0.0900. The van der Waals surface area contributed by atoms with Gasteiger partial charge in [0.25, 0.3) is 0 Å². The first kappa shape index (κ1) is 13.0. The van der Waals surface area contributed by atoms with Crippen molar-refractivity contribution in [3.05, 3.63) is 0 Å². The summed E-state index contributed by atoms with van der Waals surface area (Å²) >= 11 is 0. The zero-order valence-electron chi connectivity index (χ0n) is 9.99. The van der Waals surface area contributed by atoms with Gasteiger partial charge in [-0.3, -0.25) is 0 Å². The van der Waals surface area contributed by atoms with E-state index in [2.05, 4.69) is 11.6 Å². The number of nitrogens with one attached hydrogen (secondary N) is 1. The van der Waals surface area contributed by atoms with Crippen molar-refractivity contribution in [1.29, 1.82) is 0 Å². The van der Waals surface area contributed by atoms with Crippen LogP contribution in [-0.4, -0.2) is 20.2 Å². The van der Waals surface area contributed by atoms with Gasteiger partial charge in [0.15, 0.2) is 0 Å². The lowest BCUT2D eigenvalue weighted by atomic mass is 9.81. The van der Waals surface area contributed by atoms with Crippen molar-refractivity contribution in [2.75, 3.05) is 6.54 Å². The van der Waals surface area contributed by atoms with Crippen LogP contribution in [0, 0.1) is 11.8 Å². The van der Waals surface area contributed by atoms with Crippen LogP contribution in [0.2, 0.25) is 0 Å². The molecule has 1 saturated carbocycles. The second-order valence-corrected chi connectivity index (χ2v) is 7.29. The summed E-state index contributed by atoms with van der Waals surface area (Å²) in [7, 11) is -3.07. The molecular formula is C11H23NO2S. The molecule has 0 aromatic heterocycles. The smallest absolute Gasteiger partial charge is 0.213 e. The van der Waals surface area contributed by atoms with Gasteiger partial charge in [-0.1, -0.05) is 26.2 Å². The zero-order chi connectivity index (χ0) is 11.5. The zero-order valence-corrected chi connectivity index (χ0v) is 10.8. The minimum atomic E-state index is -3.07. The molecule has 0 amide bonds. The van der Waals surface area contributed by atoms with Gasteiger partial charge in [0, 0.05) is 6.54 Å². The Morgan fingerprint density at radius 1 is 1.27 bits per heavy atom. The maximum Gasteiger partial charge on any atom is 0.213 e. The normalized spacial score (nSPS) is 28.3. The predicted molar refractivity (Wildman–Crippen MR) is 63.2 cm³/mol. The van der Waals surface area contributed by atoms with Gasteiger partial charge in [0.05, 0.1) is 5.25 Å². The van der Waals surface area contributed by atoms with E-state index in [0.717, 1.165) is 0 Å². The molecule has 3 nitrogen and oxygen atoms in total. The molecule has 15 heavy (non-hydrogen) atoms. The van der Waals surface area contributed by atoms with Crippen LogP contribution in [0.4, 0.5) is 0 Å². The van der Waals surface area contributed by atoms with E-state index in [1.807, 2.05) is 0 Å². The van der Waals surface area contributed by atoms with Gasteiger partial charge in [-0.05, 0) is 32.1 Å². The van der Waals surface area contributed by atoms with Crippen molar-refractivity contribution in [1.82, 2.24) is 4.72 Å². The summed E-state index contributed by atoms with van der Waals surface area (Å²) in [4.78, 5) is 0. The fourth-order valence-electron chi connectivity index (χ4n) is 2.09. The molecule has 2 atom stereocenters. The monoisotopic (exact) mass is 233 g/mol. The Morgan fingerprint density at radius 2 is 1.87 bits per heavy atom. The summed E-state index contributed by atoms with van der Waals surface area (Å²) in [6.07, 6.45) is 4.96. The van der Waals surface area contributed by atoms with E-state index in [-0.39, 0.29) is 5.25 Å². The fraction of sp³-hybridized carbons (Fsp3) is 1.00. The first-order chi connectivity index (χ1) is 6.93. The Bertz CT molecular complexity index is 285. The van der Waals surface area contributed by atoms with Crippen LogP contribution in [0.25, 0.3) is 0 Å². The first-order valence-corrected chi connectivity index (χ1v) is 7.46. The van der Waals surface area contributed by atoms with E-state index in [1.54, 1.807) is 13.8 Å². The summed E-state index contributed by atoms with van der Waals surface area (Å²) < 4.78 is 25.9. The lowest BCUT2D eigenvalue weighted by Crippen LogP contribution is -2.37. The van der Waals surface area contributed by atoms with Gasteiger partial charge in [0.2, 0.25) is 10.0 Å². The average molecular weight is 233 g/mol. The third-order valence-corrected chi connectivity index (χ3v) is 5.27. The van der Waals surface area contributed by atoms with Gasteiger partial charge in [-0.15, -0.1) is 0 Å². The van der Waals surface area contributed by atoms with Crippen molar-refractivity contribution in [3.63, 3.8) is 0 Å². The highest BCUT2D eigenvalue weighted by Crippen LogP contribution is 2.29. The summed E-state index contributed by atoms with van der Waals surface area (Å²) in [5.41, 5.74) is 0. The molecule has 0 aromatic rings. The van der Waals surface area contributed by atoms with Crippen molar-refractivity contribution < 1.29 is 8.42 Å². The third kappa shape index (κ3) is 3.76. The second-order valence-electron chi connectivity index (χ2n) is 4.96. The van der Waals surface area contributed by atoms with Crippen LogP contribution in [0.3, 0.4) is 0 Å². The van der Waals surface area contributed by atoms with Crippen molar-refractivity contribution >= 4 is 10.0 Å². The molecule has 1 aliphatic rings. The fourth-order valence-corrected chi connectivity index (χ4v) is 2.87. The topological polar surface area (TPSA) is 46.2 Å². The van der Waals surface area contributed by atoms with Crippen molar-refractivity contribution in [2.24, 2.45) is 11.8 Å². The lowest BCUT2D eigenvalue weighted by Gasteiger charge is -2.29. The molecule has 0 bridgehead atoms. The first-order valence-electron chi connectivity index (χ1n) is 5.92. The quantitative estimate of drug-likeness (QED) is 0.808. The highest BCUT2D eigenvalue weighted by molar-refractivity contribution is 7.90. The largest absolute Gasteiger partial charge is 0.215 e. The van der Waals surface area contributed by atoms with E-state index in [0.29, 0.717) is 18.4 Å². The molecule has 0 spiro atoms. The standard InChI is InChI=1S/C11H23NO2S/c1-9(2)15(13,14)12-8-11-7-5-4-6-10(11)3/h9-12H,4-8H2,1-3H3. The minimum absolute atomic E-state index is 0.323. The van der Waals surface area contributed by atoms with Gasteiger partial charge >= 0.3 is 0 Å². The number of hydrogen-bond donors (Lipinski definition) is 1. The molecule has 0 saturated heterocycles. The number of rotatable bonds is 4. The maximum absolute atomic E-state index is 11.6. The predicted octanol–water partition coefficient (Wildman–Crippen LogP) is 2.14. The van der Waals surface area contributed by atoms with Crippen LogP contribution in [-0.2, 0) is 10.0 Å². The molecule has 90 valence electrons. The molecule has 1 N–H and O–H groups in total. The highest BCUT2D eigenvalue weighted by Gasteiger charge is 2.23. The minimum Gasteiger partial charge on any atom is -0.215 e. The lowest BCUT2D eigenvalue weighted by molar-refractivity contribution is 0.257. The Kier molecular flexibility index (Phi) is 4.59. The van der Waals surface area contributed by atoms with E-state index in [1.165, 1.54) is 25.7 Å². The summed E-state index contributed by atoms with van der Waals surface area (Å²) in [5.74, 6) is 1.20. The van der Waals surface area contributed by atoms with E-state index in [4.69, 9.17) is 0 Å². The van der Waals surface area contributed by atoms with E-state index < -0.39 is 10.0 Å². The summed E-state index contributed by atoms with van der Waals surface area (Å²) in [6, 6.07) is 0. The van der Waals surface area contributed by atoms with Gasteiger partial charge < -0.3 is 0 Å². The second kappa shape index (κ2) is 5.30. The van der Waals surface area contributed by atoms with Gasteiger partial charge in [-0.2, -0.15) is 0 Å². The van der Waals surface area contributed by atoms with E-state index in [9.17, 15) is 8.42 Å². The van der Waals surface area contributed by atoms with Crippen molar-refractivity contribution in [3.8, 4) is 0 Å². The third-order valence-electron chi connectivity index (χ3n) is 3.46. The highest BCUT2D eigenvalue weighted by atomic mass is 32.2. The Balaban J connectivity index is 2.42. The molecule has 0 radical (unpaired) electrons. The Morgan fingerprint density at radius 3 is 2.40 bits per heavy atom. The van der Waals surface area contributed by atoms with Crippen LogP contribution in [0.5, 0.6) is 0 Å². The van der Waals surface area contributed by atoms with Crippen LogP contribution >= 0.6 is 0 Å². The average Bonchev–Trinajstić information content (AvgIpc) is 2.16. The molecule has 0 aliphatic heterocycles. The SMILES string of the molecule is CC1CCCCC1CNS(=O)(=O)C(C)C. The summed E-state index contributed by atoms with van der Waals surface area (Å²) in [6.45, 7) is 6.29. The number of hydrogen-bond acceptors (Lipinski definition) is 2. The van der Waals surface area contributed by atoms with Gasteiger partial charge in [0.1, 0.15) is 0 Å². The molecule has 1 aliphatic carbocycles. The number of sulfonamides is 1. The molecule has 1 rings (SSSR count). The van der Waals surface area contributed by atoms with Crippen LogP contribution < -0.4 is 4.72 Å². The molecular weight excluding hydrogens is 210 g/mol. The molecule has 0 aromatic carbocycles. The van der Waals surface area contributed by atoms with Crippen LogP contribution in [0.1, 0.15) is 46.5 Å². The molecule has 1 fully saturated rings.